The van der Waals surface area contributed by atoms with E-state index in [1.165, 1.54) is 6.42 Å². The number of aliphatic hydroxyl groups is 1. The summed E-state index contributed by atoms with van der Waals surface area (Å²) in [5.74, 6) is 0.560. The number of rotatable bonds is 1. The third kappa shape index (κ3) is 6.78. The maximum atomic E-state index is 11.5. The molecule has 0 atom stereocenters. The molecule has 0 bridgehead atoms. The molecule has 0 saturated carbocycles. The van der Waals surface area contributed by atoms with E-state index in [0.717, 1.165) is 39.0 Å². The van der Waals surface area contributed by atoms with Gasteiger partial charge in [-0.1, -0.05) is 0 Å². The molecular weight excluding hydrogens is 244 g/mol. The van der Waals surface area contributed by atoms with Gasteiger partial charge >= 0.3 is 6.09 Å². The van der Waals surface area contributed by atoms with E-state index >= 15 is 0 Å². The Kier molecular flexibility index (Phi) is 6.58. The van der Waals surface area contributed by atoms with E-state index in [4.69, 9.17) is 9.84 Å². The van der Waals surface area contributed by atoms with Crippen LogP contribution in [0, 0.1) is 5.92 Å². The number of hydrogen-bond acceptors (Lipinski definition) is 4. The van der Waals surface area contributed by atoms with E-state index in [2.05, 4.69) is 5.32 Å². The Hall–Kier alpha value is -0.810. The summed E-state index contributed by atoms with van der Waals surface area (Å²) >= 11 is 0. The van der Waals surface area contributed by atoms with Crippen molar-refractivity contribution in [2.45, 2.75) is 45.6 Å². The molecule has 0 aromatic heterocycles. The lowest BCUT2D eigenvalue weighted by Crippen LogP contribution is -2.43. The standard InChI is InChI=1S/C10H19NO2.C4H9NO/c1-10(2,3)13-9(12)11-7-5-4-6-8-11;6-3-4-1-5-2-4/h4-8H2,1-3H3;4-6H,1-3H2. The van der Waals surface area contributed by atoms with Crippen molar-refractivity contribution >= 4 is 6.09 Å². The molecule has 2 N–H and O–H groups in total. The number of carbonyl (C=O) groups is 1. The Morgan fingerprint density at radius 1 is 1.26 bits per heavy atom. The summed E-state index contributed by atoms with van der Waals surface area (Å²) in [4.78, 5) is 13.3. The molecule has 2 rings (SSSR count). The van der Waals surface area contributed by atoms with Gasteiger partial charge in [0.05, 0.1) is 0 Å². The van der Waals surface area contributed by atoms with Crippen LogP contribution in [0.4, 0.5) is 4.79 Å². The molecule has 0 radical (unpaired) electrons. The first kappa shape index (κ1) is 16.2. The second-order valence-electron chi connectivity index (χ2n) is 6.23. The van der Waals surface area contributed by atoms with Crippen LogP contribution in [-0.4, -0.2) is 54.5 Å². The van der Waals surface area contributed by atoms with Crippen molar-refractivity contribution in [3.63, 3.8) is 0 Å². The fraction of sp³-hybridized carbons (Fsp3) is 0.929. The fourth-order valence-corrected chi connectivity index (χ4v) is 1.88. The lowest BCUT2D eigenvalue weighted by Gasteiger charge is -2.29. The Bertz CT molecular complexity index is 264. The van der Waals surface area contributed by atoms with Crippen LogP contribution in [0.5, 0.6) is 0 Å². The maximum Gasteiger partial charge on any atom is 0.410 e. The molecular formula is C14H28N2O3. The summed E-state index contributed by atoms with van der Waals surface area (Å²) < 4.78 is 5.26. The number of piperidine rings is 1. The van der Waals surface area contributed by atoms with Gasteiger partial charge in [0.1, 0.15) is 5.60 Å². The highest BCUT2D eigenvalue weighted by atomic mass is 16.6. The van der Waals surface area contributed by atoms with Crippen LogP contribution in [0.15, 0.2) is 0 Å². The Labute approximate surface area is 116 Å². The predicted octanol–water partition coefficient (Wildman–Crippen LogP) is 1.61. The number of nitrogens with one attached hydrogen (secondary N) is 1. The van der Waals surface area contributed by atoms with E-state index in [1.807, 2.05) is 20.8 Å². The van der Waals surface area contributed by atoms with E-state index < -0.39 is 0 Å². The molecule has 19 heavy (non-hydrogen) atoms. The van der Waals surface area contributed by atoms with Gasteiger partial charge < -0.3 is 20.1 Å². The zero-order valence-electron chi connectivity index (χ0n) is 12.4. The molecule has 5 nitrogen and oxygen atoms in total. The number of amides is 1. The monoisotopic (exact) mass is 272 g/mol. The molecule has 0 unspecified atom stereocenters. The Balaban J connectivity index is 0.000000250. The summed E-state index contributed by atoms with van der Waals surface area (Å²) in [6, 6.07) is 0. The number of likely N-dealkylation sites (tertiary alicyclic amines) is 1. The van der Waals surface area contributed by atoms with Crippen LogP contribution in [0.1, 0.15) is 40.0 Å². The third-order valence-electron chi connectivity index (χ3n) is 3.13. The number of hydrogen-bond donors (Lipinski definition) is 2. The van der Waals surface area contributed by atoms with E-state index in [-0.39, 0.29) is 11.7 Å². The van der Waals surface area contributed by atoms with Crippen LogP contribution in [-0.2, 0) is 4.74 Å². The lowest BCUT2D eigenvalue weighted by atomic mass is 10.1. The smallest absolute Gasteiger partial charge is 0.410 e. The van der Waals surface area contributed by atoms with Gasteiger partial charge in [0.15, 0.2) is 0 Å². The average molecular weight is 272 g/mol. The Morgan fingerprint density at radius 3 is 2.16 bits per heavy atom. The molecule has 2 aliphatic heterocycles. The number of aliphatic hydroxyl groups excluding tert-OH is 1. The van der Waals surface area contributed by atoms with Crippen molar-refractivity contribution in [1.29, 1.82) is 0 Å². The first-order chi connectivity index (χ1) is 8.92. The van der Waals surface area contributed by atoms with Crippen molar-refractivity contribution in [1.82, 2.24) is 10.2 Å². The van der Waals surface area contributed by atoms with Crippen LogP contribution < -0.4 is 5.32 Å². The molecule has 1 amide bonds. The summed E-state index contributed by atoms with van der Waals surface area (Å²) in [5, 5.41) is 11.4. The van der Waals surface area contributed by atoms with Crippen molar-refractivity contribution in [2.24, 2.45) is 5.92 Å². The van der Waals surface area contributed by atoms with Gasteiger partial charge in [0, 0.05) is 38.7 Å². The third-order valence-corrected chi connectivity index (χ3v) is 3.13. The minimum Gasteiger partial charge on any atom is -0.444 e. The number of nitrogens with zero attached hydrogens (tertiary/aromatic N) is 1. The van der Waals surface area contributed by atoms with E-state index in [9.17, 15) is 4.79 Å². The molecule has 2 aliphatic rings. The highest BCUT2D eigenvalue weighted by Gasteiger charge is 2.22. The molecule has 0 aromatic rings. The fourth-order valence-electron chi connectivity index (χ4n) is 1.88. The zero-order chi connectivity index (χ0) is 14.3. The quantitative estimate of drug-likeness (QED) is 0.761. The summed E-state index contributed by atoms with van der Waals surface area (Å²) in [6.07, 6.45) is 3.30. The summed E-state index contributed by atoms with van der Waals surface area (Å²) in [7, 11) is 0. The van der Waals surface area contributed by atoms with Gasteiger partial charge in [-0.25, -0.2) is 4.79 Å². The highest BCUT2D eigenvalue weighted by Crippen LogP contribution is 2.14. The number of carbonyl (C=O) groups excluding carboxylic acids is 1. The molecule has 2 saturated heterocycles. The second kappa shape index (κ2) is 7.70. The molecule has 0 aliphatic carbocycles. The van der Waals surface area contributed by atoms with Crippen molar-refractivity contribution in [2.75, 3.05) is 32.8 Å². The van der Waals surface area contributed by atoms with Crippen LogP contribution in [0.3, 0.4) is 0 Å². The molecule has 5 heteroatoms. The largest absolute Gasteiger partial charge is 0.444 e. The summed E-state index contributed by atoms with van der Waals surface area (Å²) in [6.45, 7) is 9.78. The molecule has 112 valence electrons. The first-order valence-electron chi connectivity index (χ1n) is 7.22. The average Bonchev–Trinajstić information content (AvgIpc) is 2.27. The van der Waals surface area contributed by atoms with E-state index in [1.54, 1.807) is 4.90 Å². The summed E-state index contributed by atoms with van der Waals surface area (Å²) in [5.41, 5.74) is -0.367. The van der Waals surface area contributed by atoms with Gasteiger partial charge in [0.25, 0.3) is 0 Å². The maximum absolute atomic E-state index is 11.5. The lowest BCUT2D eigenvalue weighted by molar-refractivity contribution is 0.0216. The topological polar surface area (TPSA) is 61.8 Å². The predicted molar refractivity (Wildman–Crippen MR) is 75.1 cm³/mol. The normalized spacial score (nSPS) is 20.1. The number of ether oxygens (including phenoxy) is 1. The first-order valence-corrected chi connectivity index (χ1v) is 7.22. The van der Waals surface area contributed by atoms with Crippen LogP contribution >= 0.6 is 0 Å². The SMILES string of the molecule is CC(C)(C)OC(=O)N1CCCCC1.OCC1CNC1. The molecule has 0 spiro atoms. The molecule has 2 heterocycles. The second-order valence-corrected chi connectivity index (χ2v) is 6.23. The van der Waals surface area contributed by atoms with Crippen molar-refractivity contribution < 1.29 is 14.6 Å². The molecule has 0 aromatic carbocycles. The van der Waals surface area contributed by atoms with Gasteiger partial charge in [-0.2, -0.15) is 0 Å². The van der Waals surface area contributed by atoms with Crippen molar-refractivity contribution in [3.8, 4) is 0 Å². The van der Waals surface area contributed by atoms with Gasteiger partial charge in [-0.15, -0.1) is 0 Å². The Morgan fingerprint density at radius 2 is 1.84 bits per heavy atom. The van der Waals surface area contributed by atoms with Gasteiger partial charge in [-0.3, -0.25) is 0 Å². The highest BCUT2D eigenvalue weighted by molar-refractivity contribution is 5.68. The zero-order valence-corrected chi connectivity index (χ0v) is 12.4. The van der Waals surface area contributed by atoms with Crippen LogP contribution in [0.2, 0.25) is 0 Å². The minimum absolute atomic E-state index is 0.160. The van der Waals surface area contributed by atoms with Gasteiger partial charge in [-0.05, 0) is 40.0 Å². The molecule has 2 fully saturated rings. The van der Waals surface area contributed by atoms with E-state index in [0.29, 0.717) is 12.5 Å². The van der Waals surface area contributed by atoms with Crippen LogP contribution in [0.25, 0.3) is 0 Å². The van der Waals surface area contributed by atoms with Crippen molar-refractivity contribution in [3.05, 3.63) is 0 Å². The van der Waals surface area contributed by atoms with Gasteiger partial charge in [0.2, 0.25) is 0 Å². The minimum atomic E-state index is -0.367.